The summed E-state index contributed by atoms with van der Waals surface area (Å²) in [5, 5.41) is 21.8. The highest BCUT2D eigenvalue weighted by Gasteiger charge is 2.34. The molecule has 8 nitrogen and oxygen atoms in total. The standard InChI is InChI=1S/C21H31N3O5S/c22-12-8-4-2-1-3-5-9-15(21(28)29)23-16-14-30-18-11-7-6-10-17(18)24(20(16)27)13-19(25)26/h6-7,10-11,15-16,23H,1-5,8-9,12-14,22H2,(H,25,26)(H,28,29)/t15-,16?/m1/s1. The van der Waals surface area contributed by atoms with Gasteiger partial charge in [0, 0.05) is 10.6 Å². The highest BCUT2D eigenvalue weighted by atomic mass is 32.2. The number of aliphatic carboxylic acids is 2. The van der Waals surface area contributed by atoms with Crippen molar-refractivity contribution in [2.24, 2.45) is 5.73 Å². The van der Waals surface area contributed by atoms with Gasteiger partial charge in [-0.2, -0.15) is 0 Å². The molecular weight excluding hydrogens is 406 g/mol. The molecule has 1 aromatic carbocycles. The number of carbonyl (C=O) groups excluding carboxylic acids is 1. The first kappa shape index (κ1) is 24.2. The van der Waals surface area contributed by atoms with Crippen LogP contribution in [0.2, 0.25) is 0 Å². The number of nitrogens with two attached hydrogens (primary N) is 1. The Hall–Kier alpha value is -2.10. The fourth-order valence-corrected chi connectivity index (χ4v) is 4.58. The third-order valence-corrected chi connectivity index (χ3v) is 6.22. The van der Waals surface area contributed by atoms with E-state index < -0.39 is 36.5 Å². The smallest absolute Gasteiger partial charge is 0.323 e. The minimum atomic E-state index is -1.12. The first-order valence-corrected chi connectivity index (χ1v) is 11.4. The molecule has 0 aliphatic carbocycles. The highest BCUT2D eigenvalue weighted by molar-refractivity contribution is 7.99. The number of hydrogen-bond donors (Lipinski definition) is 4. The second kappa shape index (κ2) is 12.6. The van der Waals surface area contributed by atoms with Crippen LogP contribution in [0.1, 0.15) is 44.9 Å². The van der Waals surface area contributed by atoms with E-state index in [1.165, 1.54) is 16.7 Å². The van der Waals surface area contributed by atoms with Gasteiger partial charge in [0.1, 0.15) is 12.6 Å². The summed E-state index contributed by atoms with van der Waals surface area (Å²) in [6, 6.07) is 5.51. The molecule has 9 heteroatoms. The molecule has 30 heavy (non-hydrogen) atoms. The quantitative estimate of drug-likeness (QED) is 0.346. The number of fused-ring (bicyclic) bond motifs is 1. The Morgan fingerprint density at radius 2 is 1.80 bits per heavy atom. The molecule has 0 aromatic heterocycles. The summed E-state index contributed by atoms with van der Waals surface area (Å²) in [4.78, 5) is 38.2. The van der Waals surface area contributed by atoms with Crippen LogP contribution in [0.4, 0.5) is 5.69 Å². The molecule has 1 amide bonds. The minimum absolute atomic E-state index is 0.342. The number of carboxylic acid groups (broad SMARTS) is 2. The molecule has 1 heterocycles. The van der Waals surface area contributed by atoms with Crippen LogP contribution >= 0.6 is 11.8 Å². The van der Waals surface area contributed by atoms with E-state index in [1.54, 1.807) is 12.1 Å². The number of anilines is 1. The van der Waals surface area contributed by atoms with Gasteiger partial charge in [-0.1, -0.05) is 44.2 Å². The van der Waals surface area contributed by atoms with E-state index in [-0.39, 0.29) is 0 Å². The fourth-order valence-electron chi connectivity index (χ4n) is 3.49. The Morgan fingerprint density at radius 1 is 1.13 bits per heavy atom. The zero-order valence-electron chi connectivity index (χ0n) is 17.1. The SMILES string of the molecule is NCCCCCCCC[C@@H](NC1CSc2ccccc2N(CC(=O)O)C1=O)C(=O)O. The molecule has 0 fully saturated rings. The van der Waals surface area contributed by atoms with Crippen molar-refractivity contribution in [3.8, 4) is 0 Å². The summed E-state index contributed by atoms with van der Waals surface area (Å²) in [6.45, 7) is 0.232. The molecule has 2 rings (SSSR count). The van der Waals surface area contributed by atoms with E-state index in [9.17, 15) is 24.6 Å². The van der Waals surface area contributed by atoms with Crippen LogP contribution < -0.4 is 16.0 Å². The Labute approximate surface area is 181 Å². The van der Waals surface area contributed by atoms with Crippen molar-refractivity contribution >= 4 is 35.3 Å². The van der Waals surface area contributed by atoms with Crippen molar-refractivity contribution in [1.82, 2.24) is 5.32 Å². The van der Waals surface area contributed by atoms with Crippen molar-refractivity contribution in [3.63, 3.8) is 0 Å². The third kappa shape index (κ3) is 7.30. The molecule has 5 N–H and O–H groups in total. The number of nitrogens with one attached hydrogen (secondary N) is 1. The summed E-state index contributed by atoms with van der Waals surface area (Å²) in [6.07, 6.45) is 6.32. The lowest BCUT2D eigenvalue weighted by molar-refractivity contribution is -0.140. The maximum atomic E-state index is 13.1. The van der Waals surface area contributed by atoms with Gasteiger partial charge in [-0.25, -0.2) is 0 Å². The minimum Gasteiger partial charge on any atom is -0.480 e. The number of carboxylic acids is 2. The van der Waals surface area contributed by atoms with Crippen LogP contribution in [0.15, 0.2) is 29.2 Å². The van der Waals surface area contributed by atoms with E-state index in [0.717, 1.165) is 43.4 Å². The summed E-state index contributed by atoms with van der Waals surface area (Å²) >= 11 is 1.42. The molecule has 0 bridgehead atoms. The summed E-state index contributed by atoms with van der Waals surface area (Å²) < 4.78 is 0. The van der Waals surface area contributed by atoms with Gasteiger partial charge in [0.25, 0.3) is 0 Å². The maximum Gasteiger partial charge on any atom is 0.323 e. The summed E-state index contributed by atoms with van der Waals surface area (Å²) in [7, 11) is 0. The average molecular weight is 438 g/mol. The van der Waals surface area contributed by atoms with Gasteiger partial charge in [-0.15, -0.1) is 11.8 Å². The summed E-state index contributed by atoms with van der Waals surface area (Å²) in [5.74, 6) is -2.19. The lowest BCUT2D eigenvalue weighted by Gasteiger charge is -2.26. The fraction of sp³-hybridized carbons (Fsp3) is 0.571. The second-order valence-corrected chi connectivity index (χ2v) is 8.47. The molecule has 166 valence electrons. The van der Waals surface area contributed by atoms with E-state index in [4.69, 9.17) is 5.73 Å². The molecule has 1 aliphatic rings. The van der Waals surface area contributed by atoms with Gasteiger partial charge in [-0.3, -0.25) is 24.6 Å². The number of thioether (sulfide) groups is 1. The van der Waals surface area contributed by atoms with E-state index in [1.807, 2.05) is 12.1 Å². The number of unbranched alkanes of at least 4 members (excludes halogenated alkanes) is 5. The van der Waals surface area contributed by atoms with Gasteiger partial charge in [-0.05, 0) is 31.5 Å². The molecule has 0 spiro atoms. The average Bonchev–Trinajstić information content (AvgIpc) is 2.84. The Balaban J connectivity index is 1.99. The molecular formula is C21H31N3O5S. The first-order valence-electron chi connectivity index (χ1n) is 10.4. The van der Waals surface area contributed by atoms with E-state index in [0.29, 0.717) is 24.4 Å². The van der Waals surface area contributed by atoms with E-state index in [2.05, 4.69) is 5.32 Å². The topological polar surface area (TPSA) is 133 Å². The molecule has 0 saturated carbocycles. The first-order chi connectivity index (χ1) is 14.4. The predicted octanol–water partition coefficient (Wildman–Crippen LogP) is 2.31. The monoisotopic (exact) mass is 437 g/mol. The Morgan fingerprint density at radius 3 is 2.47 bits per heavy atom. The maximum absolute atomic E-state index is 13.1. The zero-order valence-corrected chi connectivity index (χ0v) is 17.9. The summed E-state index contributed by atoms with van der Waals surface area (Å²) in [5.41, 5.74) is 6.02. The Kier molecular flexibility index (Phi) is 10.1. The largest absolute Gasteiger partial charge is 0.480 e. The van der Waals surface area contributed by atoms with Crippen LogP contribution in [0.25, 0.3) is 0 Å². The van der Waals surface area contributed by atoms with Gasteiger partial charge in [0.15, 0.2) is 0 Å². The number of amides is 1. The van der Waals surface area contributed by atoms with Crippen LogP contribution in [0.3, 0.4) is 0 Å². The van der Waals surface area contributed by atoms with Crippen LogP contribution in [0, 0.1) is 0 Å². The van der Waals surface area contributed by atoms with Gasteiger partial charge >= 0.3 is 11.9 Å². The van der Waals surface area contributed by atoms with Crippen molar-refractivity contribution < 1.29 is 24.6 Å². The normalized spacial score (nSPS) is 17.3. The van der Waals surface area contributed by atoms with Crippen molar-refractivity contribution in [3.05, 3.63) is 24.3 Å². The second-order valence-electron chi connectivity index (χ2n) is 7.41. The molecule has 0 saturated heterocycles. The number of rotatable bonds is 13. The van der Waals surface area contributed by atoms with Gasteiger partial charge in [0.2, 0.25) is 5.91 Å². The zero-order chi connectivity index (χ0) is 21.9. The molecule has 1 aliphatic heterocycles. The van der Waals surface area contributed by atoms with Crippen molar-refractivity contribution in [1.29, 1.82) is 0 Å². The van der Waals surface area contributed by atoms with E-state index >= 15 is 0 Å². The highest BCUT2D eigenvalue weighted by Crippen LogP contribution is 2.34. The number of hydrogen-bond acceptors (Lipinski definition) is 6. The van der Waals surface area contributed by atoms with Crippen LogP contribution in [0.5, 0.6) is 0 Å². The third-order valence-electron chi connectivity index (χ3n) is 5.07. The Bertz CT molecular complexity index is 730. The number of carbonyl (C=O) groups is 3. The predicted molar refractivity (Wildman–Crippen MR) is 117 cm³/mol. The van der Waals surface area contributed by atoms with Crippen molar-refractivity contribution in [2.45, 2.75) is 61.9 Å². The molecule has 1 unspecified atom stereocenters. The number of benzene rings is 1. The van der Waals surface area contributed by atoms with Crippen LogP contribution in [-0.4, -0.2) is 59.0 Å². The van der Waals surface area contributed by atoms with Gasteiger partial charge in [0.05, 0.1) is 11.7 Å². The number of nitrogens with zero attached hydrogens (tertiary/aromatic N) is 1. The lowest BCUT2D eigenvalue weighted by atomic mass is 10.0. The molecule has 0 radical (unpaired) electrons. The lowest BCUT2D eigenvalue weighted by Crippen LogP contribution is -2.53. The molecule has 1 aromatic rings. The van der Waals surface area contributed by atoms with Crippen molar-refractivity contribution in [2.75, 3.05) is 23.7 Å². The molecule has 2 atom stereocenters. The number of para-hydroxylation sites is 1. The van der Waals surface area contributed by atoms with Gasteiger partial charge < -0.3 is 15.9 Å². The van der Waals surface area contributed by atoms with Crippen LogP contribution in [-0.2, 0) is 14.4 Å².